The molecule has 0 fully saturated rings. The fourth-order valence-electron chi connectivity index (χ4n) is 3.28. The first-order chi connectivity index (χ1) is 16.1. The molecular formula is C24H21N9. The Morgan fingerprint density at radius 1 is 0.758 bits per heavy atom. The molecular weight excluding hydrogens is 414 g/mol. The summed E-state index contributed by atoms with van der Waals surface area (Å²) < 4.78 is 1.78. The highest BCUT2D eigenvalue weighted by atomic mass is 15.2. The van der Waals surface area contributed by atoms with Gasteiger partial charge in [0.05, 0.1) is 6.20 Å². The molecule has 0 spiro atoms. The Hall–Kier alpha value is -4.66. The molecule has 0 atom stereocenters. The van der Waals surface area contributed by atoms with Crippen LogP contribution in [-0.4, -0.2) is 34.7 Å². The van der Waals surface area contributed by atoms with Crippen LogP contribution in [0.5, 0.6) is 0 Å². The molecule has 1 aromatic carbocycles. The number of hydrogen-bond acceptors (Lipinski definition) is 8. The number of pyridine rings is 1. The van der Waals surface area contributed by atoms with E-state index in [4.69, 9.17) is 0 Å². The van der Waals surface area contributed by atoms with Gasteiger partial charge in [0.25, 0.3) is 0 Å². The molecule has 2 N–H and O–H groups in total. The minimum absolute atomic E-state index is 0.476. The standard InChI is InChI=1S/C24H21N9/c1-16-4-3-5-20(28-16)23-25-12-10-21(31-23)30-22-11-13-26-24(32-22)29-19-8-6-17(7-9-19)18-14-27-33(2)15-18/h3-15H,1-2H3,(H2,25,26,29,30,31,32). The van der Waals surface area contributed by atoms with Crippen molar-refractivity contribution in [3.05, 3.63) is 85.1 Å². The molecule has 5 aromatic rings. The summed E-state index contributed by atoms with van der Waals surface area (Å²) in [6, 6.07) is 17.4. The van der Waals surface area contributed by atoms with Gasteiger partial charge in [0, 0.05) is 42.6 Å². The summed E-state index contributed by atoms with van der Waals surface area (Å²) in [6.07, 6.45) is 7.20. The zero-order valence-electron chi connectivity index (χ0n) is 18.1. The van der Waals surface area contributed by atoms with Crippen LogP contribution < -0.4 is 10.6 Å². The van der Waals surface area contributed by atoms with E-state index in [1.807, 2.05) is 68.8 Å². The van der Waals surface area contributed by atoms with Crippen LogP contribution in [0.2, 0.25) is 0 Å². The Bertz CT molecular complexity index is 1390. The van der Waals surface area contributed by atoms with E-state index in [-0.39, 0.29) is 0 Å². The van der Waals surface area contributed by atoms with Gasteiger partial charge in [-0.05, 0) is 48.9 Å². The third kappa shape index (κ3) is 4.82. The Kier molecular flexibility index (Phi) is 5.42. The summed E-state index contributed by atoms with van der Waals surface area (Å²) in [4.78, 5) is 22.2. The quantitative estimate of drug-likeness (QED) is 0.401. The second kappa shape index (κ2) is 8.83. The van der Waals surface area contributed by atoms with E-state index in [9.17, 15) is 0 Å². The van der Waals surface area contributed by atoms with Crippen molar-refractivity contribution in [2.45, 2.75) is 6.92 Å². The molecule has 4 heterocycles. The van der Waals surface area contributed by atoms with Crippen LogP contribution >= 0.6 is 0 Å². The van der Waals surface area contributed by atoms with Crippen molar-refractivity contribution in [3.63, 3.8) is 0 Å². The van der Waals surface area contributed by atoms with Crippen LogP contribution in [0.25, 0.3) is 22.6 Å². The molecule has 9 heteroatoms. The van der Waals surface area contributed by atoms with E-state index in [0.717, 1.165) is 28.2 Å². The molecule has 0 radical (unpaired) electrons. The van der Waals surface area contributed by atoms with Gasteiger partial charge in [-0.3, -0.25) is 4.68 Å². The first kappa shape index (κ1) is 20.3. The molecule has 0 aliphatic heterocycles. The molecule has 0 aliphatic rings. The molecule has 0 saturated heterocycles. The second-order valence-electron chi connectivity index (χ2n) is 7.43. The highest BCUT2D eigenvalue weighted by Crippen LogP contribution is 2.23. The third-order valence-corrected chi connectivity index (χ3v) is 4.86. The van der Waals surface area contributed by atoms with E-state index < -0.39 is 0 Å². The molecule has 9 nitrogen and oxygen atoms in total. The van der Waals surface area contributed by atoms with E-state index in [1.54, 1.807) is 29.2 Å². The van der Waals surface area contributed by atoms with Crippen molar-refractivity contribution < 1.29 is 0 Å². The van der Waals surface area contributed by atoms with Crippen LogP contribution in [-0.2, 0) is 7.05 Å². The van der Waals surface area contributed by atoms with Crippen molar-refractivity contribution in [2.24, 2.45) is 7.05 Å². The molecule has 0 amide bonds. The first-order valence-corrected chi connectivity index (χ1v) is 10.4. The zero-order valence-corrected chi connectivity index (χ0v) is 18.1. The minimum Gasteiger partial charge on any atom is -0.325 e. The summed E-state index contributed by atoms with van der Waals surface area (Å²) in [5.41, 5.74) is 4.67. The lowest BCUT2D eigenvalue weighted by atomic mass is 10.1. The van der Waals surface area contributed by atoms with Gasteiger partial charge in [0.15, 0.2) is 5.82 Å². The average Bonchev–Trinajstić information content (AvgIpc) is 3.26. The Labute approximate surface area is 190 Å². The fourth-order valence-corrected chi connectivity index (χ4v) is 3.28. The van der Waals surface area contributed by atoms with E-state index in [2.05, 4.69) is 40.7 Å². The lowest BCUT2D eigenvalue weighted by Crippen LogP contribution is -2.02. The maximum absolute atomic E-state index is 4.56. The minimum atomic E-state index is 0.476. The number of aromatic nitrogens is 7. The maximum atomic E-state index is 4.56. The van der Waals surface area contributed by atoms with Crippen molar-refractivity contribution >= 4 is 23.3 Å². The summed E-state index contributed by atoms with van der Waals surface area (Å²) >= 11 is 0. The Morgan fingerprint density at radius 2 is 1.55 bits per heavy atom. The number of aryl methyl sites for hydroxylation is 2. The third-order valence-electron chi connectivity index (χ3n) is 4.86. The summed E-state index contributed by atoms with van der Waals surface area (Å²) in [5.74, 6) is 2.25. The average molecular weight is 435 g/mol. The molecule has 5 rings (SSSR count). The largest absolute Gasteiger partial charge is 0.325 e. The van der Waals surface area contributed by atoms with Crippen LogP contribution in [0, 0.1) is 6.92 Å². The summed E-state index contributed by atoms with van der Waals surface area (Å²) in [7, 11) is 1.90. The Morgan fingerprint density at radius 3 is 2.30 bits per heavy atom. The van der Waals surface area contributed by atoms with Crippen LogP contribution in [0.4, 0.5) is 23.3 Å². The van der Waals surface area contributed by atoms with Crippen molar-refractivity contribution in [2.75, 3.05) is 10.6 Å². The van der Waals surface area contributed by atoms with E-state index >= 15 is 0 Å². The van der Waals surface area contributed by atoms with E-state index in [0.29, 0.717) is 23.4 Å². The maximum Gasteiger partial charge on any atom is 0.229 e. The zero-order chi connectivity index (χ0) is 22.6. The number of anilines is 4. The number of nitrogens with zero attached hydrogens (tertiary/aromatic N) is 7. The molecule has 162 valence electrons. The van der Waals surface area contributed by atoms with Crippen LogP contribution in [0.15, 0.2) is 79.4 Å². The van der Waals surface area contributed by atoms with Gasteiger partial charge < -0.3 is 10.6 Å². The number of rotatable bonds is 6. The highest BCUT2D eigenvalue weighted by Gasteiger charge is 2.07. The molecule has 33 heavy (non-hydrogen) atoms. The molecule has 4 aromatic heterocycles. The normalized spacial score (nSPS) is 10.7. The summed E-state index contributed by atoms with van der Waals surface area (Å²) in [6.45, 7) is 1.94. The molecule has 0 unspecified atom stereocenters. The first-order valence-electron chi connectivity index (χ1n) is 10.4. The van der Waals surface area contributed by atoms with Crippen LogP contribution in [0.1, 0.15) is 5.69 Å². The number of hydrogen-bond donors (Lipinski definition) is 2. The molecule has 0 bridgehead atoms. The lowest BCUT2D eigenvalue weighted by molar-refractivity contribution is 0.768. The van der Waals surface area contributed by atoms with Gasteiger partial charge in [-0.25, -0.2) is 19.9 Å². The predicted octanol–water partition coefficient (Wildman–Crippen LogP) is 4.52. The monoisotopic (exact) mass is 435 g/mol. The fraction of sp³-hybridized carbons (Fsp3) is 0.0833. The molecule has 0 saturated carbocycles. The highest BCUT2D eigenvalue weighted by molar-refractivity contribution is 5.66. The summed E-state index contributed by atoms with van der Waals surface area (Å²) in [5, 5.41) is 10.7. The van der Waals surface area contributed by atoms with Gasteiger partial charge in [0.2, 0.25) is 5.95 Å². The van der Waals surface area contributed by atoms with Gasteiger partial charge in [-0.1, -0.05) is 18.2 Å². The van der Waals surface area contributed by atoms with Crippen molar-refractivity contribution in [1.82, 2.24) is 34.7 Å². The van der Waals surface area contributed by atoms with Crippen molar-refractivity contribution in [3.8, 4) is 22.6 Å². The van der Waals surface area contributed by atoms with Gasteiger partial charge in [0.1, 0.15) is 17.3 Å². The topological polar surface area (TPSA) is 106 Å². The van der Waals surface area contributed by atoms with Crippen LogP contribution in [0.3, 0.4) is 0 Å². The van der Waals surface area contributed by atoms with Gasteiger partial charge in [-0.2, -0.15) is 10.1 Å². The SMILES string of the molecule is Cc1cccc(-c2nccc(Nc3ccnc(Nc4ccc(-c5cnn(C)c5)cc4)n3)n2)n1. The number of nitrogens with one attached hydrogen (secondary N) is 2. The number of benzene rings is 1. The lowest BCUT2D eigenvalue weighted by Gasteiger charge is -2.09. The predicted molar refractivity (Wildman–Crippen MR) is 127 cm³/mol. The molecule has 0 aliphatic carbocycles. The van der Waals surface area contributed by atoms with Crippen molar-refractivity contribution in [1.29, 1.82) is 0 Å². The van der Waals surface area contributed by atoms with E-state index in [1.165, 1.54) is 0 Å². The Balaban J connectivity index is 1.30. The van der Waals surface area contributed by atoms with Gasteiger partial charge >= 0.3 is 0 Å². The smallest absolute Gasteiger partial charge is 0.229 e. The second-order valence-corrected chi connectivity index (χ2v) is 7.43. The van der Waals surface area contributed by atoms with Gasteiger partial charge in [-0.15, -0.1) is 0 Å².